The lowest BCUT2D eigenvalue weighted by Gasteiger charge is -2.37. The lowest BCUT2D eigenvalue weighted by atomic mass is 9.71. The fourth-order valence-electron chi connectivity index (χ4n) is 3.49. The molecule has 0 aliphatic heterocycles. The topological polar surface area (TPSA) is 40.9 Å². The van der Waals surface area contributed by atoms with Crippen molar-refractivity contribution < 1.29 is 4.21 Å². The van der Waals surface area contributed by atoms with Crippen LogP contribution in [0.1, 0.15) is 38.7 Å². The molecule has 0 aromatic heterocycles. The van der Waals surface area contributed by atoms with Gasteiger partial charge in [-0.1, -0.05) is 43.2 Å². The van der Waals surface area contributed by atoms with E-state index in [4.69, 9.17) is 0 Å². The van der Waals surface area contributed by atoms with Crippen molar-refractivity contribution in [2.45, 2.75) is 50.2 Å². The molecule has 1 saturated carbocycles. The first-order valence-corrected chi connectivity index (χ1v) is 9.17. The monoisotopic (exact) mass is 315 g/mol. The fourth-order valence-corrected chi connectivity index (χ4v) is 4.90. The van der Waals surface area contributed by atoms with E-state index in [-0.39, 0.29) is 5.92 Å². The SMILES string of the molecule is C=C(C)C1CCC(C)CC1C(C#N)S(=O)c1ccc(C)cc1. The van der Waals surface area contributed by atoms with Crippen LogP contribution in [0.15, 0.2) is 41.3 Å². The number of aryl methyl sites for hydroxylation is 1. The molecule has 0 radical (unpaired) electrons. The molecular formula is C19H25NOS. The summed E-state index contributed by atoms with van der Waals surface area (Å²) in [5, 5.41) is 9.23. The number of rotatable bonds is 4. The van der Waals surface area contributed by atoms with E-state index in [0.29, 0.717) is 11.8 Å². The van der Waals surface area contributed by atoms with Crippen LogP contribution in [0.3, 0.4) is 0 Å². The third-order valence-corrected chi connectivity index (χ3v) is 6.45. The summed E-state index contributed by atoms with van der Waals surface area (Å²) in [6, 6.07) is 10.0. The van der Waals surface area contributed by atoms with Gasteiger partial charge in [0, 0.05) is 4.90 Å². The minimum Gasteiger partial charge on any atom is -0.253 e. The Morgan fingerprint density at radius 3 is 2.55 bits per heavy atom. The Bertz CT molecular complexity index is 599. The number of benzene rings is 1. The van der Waals surface area contributed by atoms with Gasteiger partial charge in [-0.2, -0.15) is 5.26 Å². The molecule has 1 aromatic carbocycles. The van der Waals surface area contributed by atoms with Crippen LogP contribution < -0.4 is 0 Å². The van der Waals surface area contributed by atoms with Crippen LogP contribution in [-0.2, 0) is 10.8 Å². The van der Waals surface area contributed by atoms with Gasteiger partial charge in [0.15, 0.2) is 0 Å². The summed E-state index contributed by atoms with van der Waals surface area (Å²) < 4.78 is 12.9. The molecule has 0 saturated heterocycles. The van der Waals surface area contributed by atoms with Crippen LogP contribution in [0.5, 0.6) is 0 Å². The maximum atomic E-state index is 12.9. The van der Waals surface area contributed by atoms with Gasteiger partial charge in [-0.05, 0) is 56.6 Å². The van der Waals surface area contributed by atoms with E-state index in [2.05, 4.69) is 19.6 Å². The molecule has 0 spiro atoms. The van der Waals surface area contributed by atoms with Gasteiger partial charge >= 0.3 is 0 Å². The first kappa shape index (κ1) is 17.0. The van der Waals surface area contributed by atoms with Gasteiger partial charge in [-0.3, -0.25) is 4.21 Å². The van der Waals surface area contributed by atoms with Crippen LogP contribution in [0.4, 0.5) is 0 Å². The van der Waals surface area contributed by atoms with Crippen LogP contribution in [0.25, 0.3) is 0 Å². The van der Waals surface area contributed by atoms with Gasteiger partial charge in [0.25, 0.3) is 0 Å². The molecule has 0 N–H and O–H groups in total. The first-order valence-electron chi connectivity index (χ1n) is 7.96. The normalized spacial score (nSPS) is 27.6. The van der Waals surface area contributed by atoms with E-state index in [1.165, 1.54) is 6.42 Å². The van der Waals surface area contributed by atoms with Crippen LogP contribution in [0, 0.1) is 36.0 Å². The summed E-state index contributed by atoms with van der Waals surface area (Å²) in [4.78, 5) is 0.760. The van der Waals surface area contributed by atoms with E-state index in [1.54, 1.807) is 0 Å². The summed E-state index contributed by atoms with van der Waals surface area (Å²) in [6.45, 7) is 10.4. The predicted octanol–water partition coefficient (Wildman–Crippen LogP) is 4.62. The molecule has 2 rings (SSSR count). The van der Waals surface area contributed by atoms with Crippen molar-refractivity contribution in [1.82, 2.24) is 0 Å². The largest absolute Gasteiger partial charge is 0.253 e. The Morgan fingerprint density at radius 1 is 1.36 bits per heavy atom. The van der Waals surface area contributed by atoms with Crippen molar-refractivity contribution in [3.05, 3.63) is 42.0 Å². The Labute approximate surface area is 136 Å². The highest BCUT2D eigenvalue weighted by Gasteiger charge is 2.38. The van der Waals surface area contributed by atoms with E-state index < -0.39 is 16.0 Å². The van der Waals surface area contributed by atoms with Gasteiger partial charge in [-0.25, -0.2) is 0 Å². The quantitative estimate of drug-likeness (QED) is 0.760. The number of hydrogen-bond acceptors (Lipinski definition) is 2. The van der Waals surface area contributed by atoms with Crippen molar-refractivity contribution in [2.75, 3.05) is 0 Å². The van der Waals surface area contributed by atoms with Crippen molar-refractivity contribution in [2.24, 2.45) is 17.8 Å². The molecule has 1 aromatic rings. The maximum Gasteiger partial charge on any atom is 0.129 e. The molecule has 1 aliphatic rings. The van der Waals surface area contributed by atoms with Crippen molar-refractivity contribution >= 4 is 10.8 Å². The maximum absolute atomic E-state index is 12.9. The average Bonchev–Trinajstić information content (AvgIpc) is 2.48. The molecule has 3 heteroatoms. The smallest absolute Gasteiger partial charge is 0.129 e. The second-order valence-corrected chi connectivity index (χ2v) is 8.27. The zero-order valence-electron chi connectivity index (χ0n) is 13.7. The standard InChI is InChI=1S/C19H25NOS/c1-13(2)17-10-7-15(4)11-18(17)19(12-20)22(21)16-8-5-14(3)6-9-16/h5-6,8-9,15,17-19H,1,7,10-11H2,2-4H3. The van der Waals surface area contributed by atoms with Crippen molar-refractivity contribution in [1.29, 1.82) is 5.26 Å². The summed E-state index contributed by atoms with van der Waals surface area (Å²) in [7, 11) is -1.28. The van der Waals surface area contributed by atoms with E-state index >= 15 is 0 Å². The predicted molar refractivity (Wildman–Crippen MR) is 91.8 cm³/mol. The summed E-state index contributed by atoms with van der Waals surface area (Å²) in [5.74, 6) is 1.05. The minimum absolute atomic E-state index is 0.147. The summed E-state index contributed by atoms with van der Waals surface area (Å²) in [5.41, 5.74) is 2.26. The number of nitriles is 1. The van der Waals surface area contributed by atoms with Gasteiger partial charge in [0.2, 0.25) is 0 Å². The molecule has 5 atom stereocenters. The number of allylic oxidation sites excluding steroid dienone is 1. The first-order chi connectivity index (χ1) is 10.4. The van der Waals surface area contributed by atoms with E-state index in [1.807, 2.05) is 38.1 Å². The van der Waals surface area contributed by atoms with Gasteiger partial charge in [-0.15, -0.1) is 0 Å². The lowest BCUT2D eigenvalue weighted by molar-refractivity contribution is 0.223. The summed E-state index contributed by atoms with van der Waals surface area (Å²) >= 11 is 0. The average molecular weight is 315 g/mol. The van der Waals surface area contributed by atoms with Crippen LogP contribution >= 0.6 is 0 Å². The highest BCUT2D eigenvalue weighted by atomic mass is 32.2. The van der Waals surface area contributed by atoms with Crippen molar-refractivity contribution in [3.63, 3.8) is 0 Å². The Hall–Kier alpha value is -1.40. The molecule has 0 bridgehead atoms. The molecule has 5 unspecified atom stereocenters. The van der Waals surface area contributed by atoms with Gasteiger partial charge in [0.1, 0.15) is 5.25 Å². The molecule has 0 heterocycles. The third kappa shape index (κ3) is 3.67. The summed E-state index contributed by atoms with van der Waals surface area (Å²) in [6.07, 6.45) is 3.20. The zero-order valence-corrected chi connectivity index (χ0v) is 14.5. The molecule has 0 amide bonds. The molecule has 1 fully saturated rings. The second-order valence-electron chi connectivity index (χ2n) is 6.70. The molecule has 1 aliphatic carbocycles. The number of hydrogen-bond donors (Lipinski definition) is 0. The second kappa shape index (κ2) is 7.24. The lowest BCUT2D eigenvalue weighted by Crippen LogP contribution is -2.35. The Balaban J connectivity index is 2.28. The molecule has 118 valence electrons. The minimum atomic E-state index is -1.28. The van der Waals surface area contributed by atoms with E-state index in [0.717, 1.165) is 28.9 Å². The number of nitrogens with zero attached hydrogens (tertiary/aromatic N) is 1. The highest BCUT2D eigenvalue weighted by Crippen LogP contribution is 2.41. The van der Waals surface area contributed by atoms with Crippen LogP contribution in [0.2, 0.25) is 0 Å². The van der Waals surface area contributed by atoms with Gasteiger partial charge in [0.05, 0.1) is 16.9 Å². The van der Waals surface area contributed by atoms with Gasteiger partial charge < -0.3 is 0 Å². The Morgan fingerprint density at radius 2 is 2.00 bits per heavy atom. The van der Waals surface area contributed by atoms with Crippen molar-refractivity contribution in [3.8, 4) is 6.07 Å². The fraction of sp³-hybridized carbons (Fsp3) is 0.526. The molecule has 22 heavy (non-hydrogen) atoms. The van der Waals surface area contributed by atoms with E-state index in [9.17, 15) is 9.47 Å². The van der Waals surface area contributed by atoms with Crippen LogP contribution in [-0.4, -0.2) is 9.46 Å². The molecular weight excluding hydrogens is 290 g/mol. The molecule has 2 nitrogen and oxygen atoms in total. The highest BCUT2D eigenvalue weighted by molar-refractivity contribution is 7.86. The third-order valence-electron chi connectivity index (χ3n) is 4.79. The Kier molecular flexibility index (Phi) is 5.58. The zero-order chi connectivity index (χ0) is 16.3.